The first-order chi connectivity index (χ1) is 15.5. The summed E-state index contributed by atoms with van der Waals surface area (Å²) >= 11 is 0. The molecule has 3 aliphatic heterocycles. The van der Waals surface area contributed by atoms with Crippen LogP contribution in [0.3, 0.4) is 0 Å². The Morgan fingerprint density at radius 1 is 1.06 bits per heavy atom. The Morgan fingerprint density at radius 2 is 1.81 bits per heavy atom. The zero-order valence-corrected chi connectivity index (χ0v) is 16.9. The van der Waals surface area contributed by atoms with E-state index in [2.05, 4.69) is 9.97 Å². The SMILES string of the molecule is OC1CN(c2ccc(-c3c(F)cc4[nH]c(OC5CO[C@@H]6C(O)CO[C@H]56)nc4c3F)cc2)C1. The van der Waals surface area contributed by atoms with Crippen LogP contribution in [0, 0.1) is 11.6 Å². The summed E-state index contributed by atoms with van der Waals surface area (Å²) in [6.45, 7) is 1.45. The summed E-state index contributed by atoms with van der Waals surface area (Å²) in [6, 6.07) is 8.07. The second-order valence-electron chi connectivity index (χ2n) is 8.41. The molecule has 168 valence electrons. The van der Waals surface area contributed by atoms with E-state index in [-0.39, 0.29) is 41.9 Å². The second-order valence-corrected chi connectivity index (χ2v) is 8.41. The Labute approximate surface area is 181 Å². The first-order valence-electron chi connectivity index (χ1n) is 10.5. The van der Waals surface area contributed by atoms with Gasteiger partial charge >= 0.3 is 0 Å². The van der Waals surface area contributed by atoms with Crippen LogP contribution < -0.4 is 9.64 Å². The van der Waals surface area contributed by atoms with Gasteiger partial charge in [0.1, 0.15) is 29.6 Å². The molecule has 3 fully saturated rings. The van der Waals surface area contributed by atoms with Crippen molar-refractivity contribution in [3.05, 3.63) is 42.0 Å². The normalized spacial score (nSPS) is 27.7. The largest absolute Gasteiger partial charge is 0.456 e. The average Bonchev–Trinajstić information content (AvgIpc) is 3.44. The molecule has 6 rings (SSSR count). The molecule has 3 N–H and O–H groups in total. The molecule has 4 atom stereocenters. The summed E-state index contributed by atoms with van der Waals surface area (Å²) in [4.78, 5) is 8.96. The van der Waals surface area contributed by atoms with E-state index in [1.807, 2.05) is 4.90 Å². The number of aliphatic hydroxyl groups excluding tert-OH is 2. The monoisotopic (exact) mass is 445 g/mol. The molecule has 32 heavy (non-hydrogen) atoms. The van der Waals surface area contributed by atoms with E-state index in [1.54, 1.807) is 24.3 Å². The van der Waals surface area contributed by atoms with E-state index in [1.165, 1.54) is 6.07 Å². The third-order valence-electron chi connectivity index (χ3n) is 6.28. The number of rotatable bonds is 4. The van der Waals surface area contributed by atoms with Crippen LogP contribution in [0.4, 0.5) is 14.5 Å². The molecular weight excluding hydrogens is 424 g/mol. The molecule has 2 aromatic carbocycles. The molecule has 0 amide bonds. The molecule has 0 spiro atoms. The van der Waals surface area contributed by atoms with Crippen molar-refractivity contribution in [3.63, 3.8) is 0 Å². The van der Waals surface area contributed by atoms with Crippen LogP contribution in [0.1, 0.15) is 0 Å². The minimum absolute atomic E-state index is 0.0291. The van der Waals surface area contributed by atoms with Crippen molar-refractivity contribution in [2.24, 2.45) is 0 Å². The average molecular weight is 445 g/mol. The van der Waals surface area contributed by atoms with Crippen LogP contribution in [0.25, 0.3) is 22.2 Å². The van der Waals surface area contributed by atoms with Gasteiger partial charge in [0.2, 0.25) is 0 Å². The van der Waals surface area contributed by atoms with Crippen LogP contribution >= 0.6 is 0 Å². The number of benzene rings is 2. The molecule has 1 aromatic heterocycles. The molecule has 8 nitrogen and oxygen atoms in total. The number of hydrogen-bond acceptors (Lipinski definition) is 7. The maximum Gasteiger partial charge on any atom is 0.295 e. The predicted molar refractivity (Wildman–Crippen MR) is 110 cm³/mol. The Kier molecular flexibility index (Phi) is 4.58. The molecule has 3 aromatic rings. The number of β-amino-alcohol motifs (C(OH)–C–C–N with tert-alkyl or cyclic N) is 1. The van der Waals surface area contributed by atoms with Crippen molar-refractivity contribution in [2.45, 2.75) is 30.5 Å². The Hall–Kier alpha value is -2.79. The van der Waals surface area contributed by atoms with Gasteiger partial charge in [-0.3, -0.25) is 0 Å². The van der Waals surface area contributed by atoms with Crippen molar-refractivity contribution in [1.82, 2.24) is 9.97 Å². The summed E-state index contributed by atoms with van der Waals surface area (Å²) in [6.07, 6.45) is -2.47. The summed E-state index contributed by atoms with van der Waals surface area (Å²) in [5, 5.41) is 19.3. The Bertz CT molecular complexity index is 1160. The predicted octanol–water partition coefficient (Wildman–Crippen LogP) is 1.59. The van der Waals surface area contributed by atoms with E-state index < -0.39 is 36.1 Å². The minimum atomic E-state index is -0.786. The fourth-order valence-electron chi connectivity index (χ4n) is 4.57. The van der Waals surface area contributed by atoms with Crippen molar-refractivity contribution in [1.29, 1.82) is 0 Å². The molecule has 3 aliphatic rings. The lowest BCUT2D eigenvalue weighted by molar-refractivity contribution is 0.00706. The van der Waals surface area contributed by atoms with Crippen LogP contribution in [-0.4, -0.2) is 77.0 Å². The highest BCUT2D eigenvalue weighted by molar-refractivity contribution is 5.84. The number of H-pyrrole nitrogens is 1. The summed E-state index contributed by atoms with van der Waals surface area (Å²) < 4.78 is 47.0. The molecule has 0 saturated carbocycles. The molecular formula is C22H21F2N3O5. The lowest BCUT2D eigenvalue weighted by Crippen LogP contribution is -2.50. The Morgan fingerprint density at radius 3 is 2.56 bits per heavy atom. The van der Waals surface area contributed by atoms with Crippen LogP contribution in [0.5, 0.6) is 6.01 Å². The zero-order valence-electron chi connectivity index (χ0n) is 16.9. The molecule has 0 radical (unpaired) electrons. The quantitative estimate of drug-likeness (QED) is 0.561. The number of aliphatic hydroxyl groups is 2. The second kappa shape index (κ2) is 7.38. The smallest absolute Gasteiger partial charge is 0.295 e. The van der Waals surface area contributed by atoms with Gasteiger partial charge in [-0.05, 0) is 17.7 Å². The first kappa shape index (κ1) is 19.9. The maximum atomic E-state index is 15.3. The maximum absolute atomic E-state index is 15.3. The molecule has 0 bridgehead atoms. The molecule has 2 unspecified atom stereocenters. The third-order valence-corrected chi connectivity index (χ3v) is 6.28. The lowest BCUT2D eigenvalue weighted by atomic mass is 10.0. The number of fused-ring (bicyclic) bond motifs is 2. The highest BCUT2D eigenvalue weighted by Crippen LogP contribution is 2.35. The first-order valence-corrected chi connectivity index (χ1v) is 10.5. The third kappa shape index (κ3) is 3.14. The number of aromatic amines is 1. The van der Waals surface area contributed by atoms with Gasteiger partial charge in [0.15, 0.2) is 11.9 Å². The number of anilines is 1. The van der Waals surface area contributed by atoms with Gasteiger partial charge in [-0.1, -0.05) is 12.1 Å². The molecule has 3 saturated heterocycles. The Balaban J connectivity index is 1.28. The summed E-state index contributed by atoms with van der Waals surface area (Å²) in [7, 11) is 0. The summed E-state index contributed by atoms with van der Waals surface area (Å²) in [5.74, 6) is -1.50. The van der Waals surface area contributed by atoms with E-state index in [4.69, 9.17) is 14.2 Å². The van der Waals surface area contributed by atoms with Crippen molar-refractivity contribution in [3.8, 4) is 17.1 Å². The number of imidazole rings is 1. The zero-order chi connectivity index (χ0) is 22.0. The van der Waals surface area contributed by atoms with Gasteiger partial charge in [0.05, 0.1) is 30.4 Å². The van der Waals surface area contributed by atoms with Crippen molar-refractivity contribution < 1.29 is 33.2 Å². The number of halogens is 2. The van der Waals surface area contributed by atoms with Crippen molar-refractivity contribution in [2.75, 3.05) is 31.2 Å². The van der Waals surface area contributed by atoms with E-state index >= 15 is 4.39 Å². The van der Waals surface area contributed by atoms with Gasteiger partial charge in [0, 0.05) is 24.8 Å². The highest BCUT2D eigenvalue weighted by atomic mass is 19.1. The van der Waals surface area contributed by atoms with Gasteiger partial charge in [-0.25, -0.2) is 8.78 Å². The van der Waals surface area contributed by atoms with Crippen LogP contribution in [0.15, 0.2) is 30.3 Å². The molecule has 0 aliphatic carbocycles. The number of ether oxygens (including phenoxy) is 3. The highest BCUT2D eigenvalue weighted by Gasteiger charge is 2.48. The van der Waals surface area contributed by atoms with E-state index in [0.717, 1.165) is 5.69 Å². The van der Waals surface area contributed by atoms with E-state index in [9.17, 15) is 14.6 Å². The van der Waals surface area contributed by atoms with Crippen LogP contribution in [-0.2, 0) is 9.47 Å². The molecule has 10 heteroatoms. The van der Waals surface area contributed by atoms with Gasteiger partial charge in [0.25, 0.3) is 6.01 Å². The van der Waals surface area contributed by atoms with E-state index in [0.29, 0.717) is 18.7 Å². The standard InChI is InChI=1S/C22H21F2N3O5/c23-13-5-14-19(26-22(25-14)32-16-9-31-20-15(29)8-30-21(16)20)18(24)17(13)10-1-3-11(4-2-10)27-6-12(28)7-27/h1-5,12,15-16,20-21,28-29H,6-9H2,(H,25,26)/t15?,16?,20-,21-/m1/s1. The fourth-order valence-corrected chi connectivity index (χ4v) is 4.57. The van der Waals surface area contributed by atoms with Gasteiger partial charge < -0.3 is 34.3 Å². The fraction of sp³-hybridized carbons (Fsp3) is 0.409. The minimum Gasteiger partial charge on any atom is -0.456 e. The lowest BCUT2D eigenvalue weighted by Gasteiger charge is -2.37. The van der Waals surface area contributed by atoms with Crippen molar-refractivity contribution >= 4 is 16.7 Å². The number of aromatic nitrogens is 2. The number of nitrogens with one attached hydrogen (secondary N) is 1. The number of hydrogen-bond donors (Lipinski definition) is 3. The molecule has 4 heterocycles. The van der Waals surface area contributed by atoms with Crippen LogP contribution in [0.2, 0.25) is 0 Å². The summed E-state index contributed by atoms with van der Waals surface area (Å²) in [5.41, 5.74) is 1.24. The topological polar surface area (TPSA) is 100 Å². The van der Waals surface area contributed by atoms with Gasteiger partial charge in [-0.15, -0.1) is 0 Å². The van der Waals surface area contributed by atoms with Gasteiger partial charge in [-0.2, -0.15) is 4.98 Å². The number of nitrogens with zero attached hydrogens (tertiary/aromatic N) is 2.